The fraction of sp³-hybridized carbons (Fsp3) is 0.529. The quantitative estimate of drug-likeness (QED) is 0.602. The summed E-state index contributed by atoms with van der Waals surface area (Å²) in [6.07, 6.45) is 4.26. The lowest BCUT2D eigenvalue weighted by Gasteiger charge is -2.21. The minimum atomic E-state index is -0.176. The first kappa shape index (κ1) is 14.6. The molecule has 3 heteroatoms. The molecule has 1 saturated carbocycles. The number of hydrogen-bond acceptors (Lipinski definition) is 3. The molecule has 1 aliphatic rings. The number of nitrogens with zero attached hydrogens (tertiary/aromatic N) is 1. The fourth-order valence-corrected chi connectivity index (χ4v) is 3.31. The van der Waals surface area contributed by atoms with Gasteiger partial charge in [0.1, 0.15) is 5.75 Å². The number of benzene rings is 1. The maximum Gasteiger partial charge on any atom is 0.311 e. The summed E-state index contributed by atoms with van der Waals surface area (Å²) in [5.74, 6) is 1.63. The summed E-state index contributed by atoms with van der Waals surface area (Å²) >= 11 is 0. The molecule has 3 unspecified atom stereocenters. The Morgan fingerprint density at radius 1 is 1.30 bits per heavy atom. The highest BCUT2D eigenvalue weighted by Gasteiger charge is 2.36. The topological polar surface area (TPSA) is 50.1 Å². The van der Waals surface area contributed by atoms with Gasteiger partial charge in [-0.25, -0.2) is 0 Å². The van der Waals surface area contributed by atoms with E-state index >= 15 is 0 Å². The van der Waals surface area contributed by atoms with Crippen molar-refractivity contribution in [3.63, 3.8) is 0 Å². The molecule has 0 heterocycles. The van der Waals surface area contributed by atoms with Crippen LogP contribution in [0.5, 0.6) is 5.75 Å². The molecule has 106 valence electrons. The minimum absolute atomic E-state index is 0.176. The van der Waals surface area contributed by atoms with Crippen molar-refractivity contribution in [2.45, 2.75) is 39.0 Å². The SMILES string of the molecule is CCC1CCC(CC#N)C1CC(=O)Oc1ccccc1. The lowest BCUT2D eigenvalue weighted by atomic mass is 9.84. The molecular weight excluding hydrogens is 250 g/mol. The standard InChI is InChI=1S/C17H21NO2/c1-2-13-8-9-14(10-11-18)16(13)12-17(19)20-15-6-4-3-5-7-15/h3-7,13-14,16H,2,8-10,12H2,1H3. The predicted molar refractivity (Wildman–Crippen MR) is 76.9 cm³/mol. The van der Waals surface area contributed by atoms with Gasteiger partial charge in [0.25, 0.3) is 0 Å². The third kappa shape index (κ3) is 3.60. The molecule has 1 fully saturated rings. The molecule has 1 aliphatic carbocycles. The molecule has 0 spiro atoms. The molecule has 0 radical (unpaired) electrons. The highest BCUT2D eigenvalue weighted by atomic mass is 16.5. The molecule has 0 aromatic heterocycles. The number of rotatable bonds is 5. The second-order valence-electron chi connectivity index (χ2n) is 5.52. The third-order valence-electron chi connectivity index (χ3n) is 4.37. The Morgan fingerprint density at radius 3 is 2.65 bits per heavy atom. The zero-order valence-electron chi connectivity index (χ0n) is 11.9. The molecule has 3 atom stereocenters. The van der Waals surface area contributed by atoms with E-state index in [4.69, 9.17) is 10.00 Å². The lowest BCUT2D eigenvalue weighted by Crippen LogP contribution is -2.21. The van der Waals surface area contributed by atoms with Gasteiger partial charge in [-0.15, -0.1) is 0 Å². The molecule has 1 aromatic carbocycles. The number of hydrogen-bond donors (Lipinski definition) is 0. The number of carbonyl (C=O) groups is 1. The van der Waals surface area contributed by atoms with E-state index in [0.717, 1.165) is 19.3 Å². The molecule has 20 heavy (non-hydrogen) atoms. The van der Waals surface area contributed by atoms with Gasteiger partial charge in [0.2, 0.25) is 0 Å². The highest BCUT2D eigenvalue weighted by molar-refractivity contribution is 5.72. The summed E-state index contributed by atoms with van der Waals surface area (Å²) in [4.78, 5) is 12.1. The lowest BCUT2D eigenvalue weighted by molar-refractivity contribution is -0.136. The first-order valence-electron chi connectivity index (χ1n) is 7.37. The van der Waals surface area contributed by atoms with Gasteiger partial charge in [-0.1, -0.05) is 31.5 Å². The monoisotopic (exact) mass is 271 g/mol. The van der Waals surface area contributed by atoms with Crippen LogP contribution in [-0.2, 0) is 4.79 Å². The summed E-state index contributed by atoms with van der Waals surface area (Å²) in [6.45, 7) is 2.16. The van der Waals surface area contributed by atoms with Crippen molar-refractivity contribution in [2.24, 2.45) is 17.8 Å². The second kappa shape index (κ2) is 7.09. The Bertz CT molecular complexity index is 478. The van der Waals surface area contributed by atoms with E-state index < -0.39 is 0 Å². The average molecular weight is 271 g/mol. The normalized spacial score (nSPS) is 25.1. The van der Waals surface area contributed by atoms with Crippen LogP contribution in [-0.4, -0.2) is 5.97 Å². The van der Waals surface area contributed by atoms with Gasteiger partial charge in [0.15, 0.2) is 0 Å². The largest absolute Gasteiger partial charge is 0.427 e. The maximum atomic E-state index is 12.1. The van der Waals surface area contributed by atoms with Crippen molar-refractivity contribution in [1.82, 2.24) is 0 Å². The molecule has 0 N–H and O–H groups in total. The van der Waals surface area contributed by atoms with Gasteiger partial charge in [-0.3, -0.25) is 4.79 Å². The molecule has 0 bridgehead atoms. The van der Waals surface area contributed by atoms with Crippen molar-refractivity contribution in [3.05, 3.63) is 30.3 Å². The van der Waals surface area contributed by atoms with E-state index in [9.17, 15) is 4.79 Å². The van der Waals surface area contributed by atoms with Crippen LogP contribution in [0.15, 0.2) is 30.3 Å². The predicted octanol–water partition coefficient (Wildman–Crippen LogP) is 3.95. The summed E-state index contributed by atoms with van der Waals surface area (Å²) in [6, 6.07) is 11.4. The summed E-state index contributed by atoms with van der Waals surface area (Å²) in [7, 11) is 0. The van der Waals surface area contributed by atoms with Crippen molar-refractivity contribution >= 4 is 5.97 Å². The van der Waals surface area contributed by atoms with Crippen molar-refractivity contribution in [2.75, 3.05) is 0 Å². The van der Waals surface area contributed by atoms with E-state index in [1.807, 2.05) is 18.2 Å². The molecule has 1 aromatic rings. The van der Waals surface area contributed by atoms with Crippen LogP contribution in [0.1, 0.15) is 39.0 Å². The first-order valence-corrected chi connectivity index (χ1v) is 7.37. The van der Waals surface area contributed by atoms with Gasteiger partial charge < -0.3 is 4.74 Å². The van der Waals surface area contributed by atoms with Gasteiger partial charge in [-0.2, -0.15) is 5.26 Å². The molecule has 0 saturated heterocycles. The first-order chi connectivity index (χ1) is 9.74. The van der Waals surface area contributed by atoms with E-state index in [1.54, 1.807) is 12.1 Å². The van der Waals surface area contributed by atoms with Gasteiger partial charge >= 0.3 is 5.97 Å². The fourth-order valence-electron chi connectivity index (χ4n) is 3.31. The van der Waals surface area contributed by atoms with Crippen LogP contribution < -0.4 is 4.74 Å². The Hall–Kier alpha value is -1.82. The second-order valence-corrected chi connectivity index (χ2v) is 5.52. The Kier molecular flexibility index (Phi) is 5.17. The van der Waals surface area contributed by atoms with Crippen LogP contribution in [0.4, 0.5) is 0 Å². The highest BCUT2D eigenvalue weighted by Crippen LogP contribution is 2.42. The summed E-state index contributed by atoms with van der Waals surface area (Å²) in [5, 5.41) is 8.91. The van der Waals surface area contributed by atoms with Crippen LogP contribution in [0.25, 0.3) is 0 Å². The van der Waals surface area contributed by atoms with Crippen molar-refractivity contribution in [3.8, 4) is 11.8 Å². The number of carbonyl (C=O) groups excluding carboxylic acids is 1. The molecule has 0 amide bonds. The number of ether oxygens (including phenoxy) is 1. The average Bonchev–Trinajstić information content (AvgIpc) is 2.82. The molecule has 3 nitrogen and oxygen atoms in total. The maximum absolute atomic E-state index is 12.1. The minimum Gasteiger partial charge on any atom is -0.427 e. The molecule has 0 aliphatic heterocycles. The van der Waals surface area contributed by atoms with Gasteiger partial charge in [0, 0.05) is 12.8 Å². The smallest absolute Gasteiger partial charge is 0.311 e. The van der Waals surface area contributed by atoms with Crippen LogP contribution in [0, 0.1) is 29.1 Å². The zero-order valence-corrected chi connectivity index (χ0v) is 11.9. The summed E-state index contributed by atoms with van der Waals surface area (Å²) in [5.41, 5.74) is 0. The van der Waals surface area contributed by atoms with E-state index in [0.29, 0.717) is 36.3 Å². The van der Waals surface area contributed by atoms with Crippen molar-refractivity contribution in [1.29, 1.82) is 5.26 Å². The van der Waals surface area contributed by atoms with Crippen LogP contribution in [0.3, 0.4) is 0 Å². The van der Waals surface area contributed by atoms with Gasteiger partial charge in [-0.05, 0) is 42.7 Å². The third-order valence-corrected chi connectivity index (χ3v) is 4.37. The molecule has 2 rings (SSSR count). The van der Waals surface area contributed by atoms with Crippen LogP contribution >= 0.6 is 0 Å². The Morgan fingerprint density at radius 2 is 2.00 bits per heavy atom. The zero-order chi connectivity index (χ0) is 14.4. The number of para-hydroxylation sites is 1. The Labute approximate surface area is 120 Å². The van der Waals surface area contributed by atoms with Crippen LogP contribution in [0.2, 0.25) is 0 Å². The van der Waals surface area contributed by atoms with Crippen molar-refractivity contribution < 1.29 is 9.53 Å². The molecular formula is C17H21NO2. The van der Waals surface area contributed by atoms with E-state index in [-0.39, 0.29) is 5.97 Å². The van der Waals surface area contributed by atoms with Gasteiger partial charge in [0.05, 0.1) is 6.07 Å². The summed E-state index contributed by atoms with van der Waals surface area (Å²) < 4.78 is 5.37. The number of esters is 1. The van der Waals surface area contributed by atoms with E-state index in [1.165, 1.54) is 0 Å². The Balaban J connectivity index is 1.95. The van der Waals surface area contributed by atoms with E-state index in [2.05, 4.69) is 13.0 Å². The number of nitriles is 1.